The van der Waals surface area contributed by atoms with Crippen molar-refractivity contribution < 1.29 is 4.79 Å². The Morgan fingerprint density at radius 2 is 2.25 bits per heavy atom. The highest BCUT2D eigenvalue weighted by Crippen LogP contribution is 2.25. The van der Waals surface area contributed by atoms with Crippen molar-refractivity contribution in [3.63, 3.8) is 0 Å². The fourth-order valence-electron chi connectivity index (χ4n) is 0.724. The van der Waals surface area contributed by atoms with Crippen molar-refractivity contribution in [2.45, 2.75) is 0 Å². The molecule has 64 valence electrons. The van der Waals surface area contributed by atoms with E-state index in [1.54, 1.807) is 18.2 Å². The van der Waals surface area contributed by atoms with E-state index in [2.05, 4.69) is 21.2 Å². The Labute approximate surface area is 83.0 Å². The smallest absolute Gasteiger partial charge is 0.316 e. The van der Waals surface area contributed by atoms with Crippen molar-refractivity contribution in [2.24, 2.45) is 5.73 Å². The lowest BCUT2D eigenvalue weighted by atomic mass is 10.3. The van der Waals surface area contributed by atoms with Crippen LogP contribution in [0.15, 0.2) is 22.7 Å². The zero-order chi connectivity index (χ0) is 9.14. The van der Waals surface area contributed by atoms with Crippen LogP contribution in [-0.4, -0.2) is 6.03 Å². The predicted octanol–water partition coefficient (Wildman–Crippen LogP) is 2.59. The van der Waals surface area contributed by atoms with Gasteiger partial charge in [0.05, 0.1) is 10.7 Å². The zero-order valence-electron chi connectivity index (χ0n) is 5.97. The van der Waals surface area contributed by atoms with Crippen LogP contribution in [0.4, 0.5) is 10.5 Å². The van der Waals surface area contributed by atoms with Crippen molar-refractivity contribution in [1.29, 1.82) is 0 Å². The van der Waals surface area contributed by atoms with E-state index in [0.717, 1.165) is 4.47 Å². The van der Waals surface area contributed by atoms with E-state index < -0.39 is 6.03 Å². The van der Waals surface area contributed by atoms with Crippen LogP contribution in [0, 0.1) is 0 Å². The molecule has 5 heteroatoms. The number of hydrogen-bond acceptors (Lipinski definition) is 1. The summed E-state index contributed by atoms with van der Waals surface area (Å²) in [6, 6.07) is 4.47. The van der Waals surface area contributed by atoms with Gasteiger partial charge in [0.25, 0.3) is 0 Å². The lowest BCUT2D eigenvalue weighted by molar-refractivity contribution is 0.259. The number of hydrogen-bond donors (Lipinski definition) is 2. The van der Waals surface area contributed by atoms with E-state index in [9.17, 15) is 4.79 Å². The fourth-order valence-corrected chi connectivity index (χ4v) is 1.44. The Balaban J connectivity index is 2.93. The molecule has 0 aromatic heterocycles. The molecule has 0 aliphatic carbocycles. The normalized spacial score (nSPS) is 9.50. The third kappa shape index (κ3) is 2.39. The molecule has 1 aromatic carbocycles. The number of halogens is 2. The quantitative estimate of drug-likeness (QED) is 0.790. The highest BCUT2D eigenvalue weighted by molar-refractivity contribution is 9.10. The Hall–Kier alpha value is -0.740. The third-order valence-corrected chi connectivity index (χ3v) is 1.99. The van der Waals surface area contributed by atoms with Gasteiger partial charge < -0.3 is 11.1 Å². The Kier molecular flexibility index (Phi) is 2.94. The predicted molar refractivity (Wildman–Crippen MR) is 52.4 cm³/mol. The number of benzene rings is 1. The second kappa shape index (κ2) is 3.78. The number of amides is 2. The minimum atomic E-state index is -0.626. The minimum absolute atomic E-state index is 0.447. The number of urea groups is 1. The van der Waals surface area contributed by atoms with E-state index in [1.807, 2.05) is 0 Å². The number of primary amides is 1. The molecular weight excluding hydrogens is 243 g/mol. The first-order chi connectivity index (χ1) is 5.59. The van der Waals surface area contributed by atoms with E-state index in [4.69, 9.17) is 17.3 Å². The number of nitrogens with one attached hydrogen (secondary N) is 1. The lowest BCUT2D eigenvalue weighted by Crippen LogP contribution is -2.19. The molecule has 0 aliphatic rings. The highest BCUT2D eigenvalue weighted by atomic mass is 79.9. The van der Waals surface area contributed by atoms with Crippen molar-refractivity contribution in [1.82, 2.24) is 0 Å². The summed E-state index contributed by atoms with van der Waals surface area (Å²) < 4.78 is 0.850. The van der Waals surface area contributed by atoms with Crippen LogP contribution in [0.25, 0.3) is 0 Å². The molecule has 0 saturated heterocycles. The summed E-state index contributed by atoms with van der Waals surface area (Å²) in [4.78, 5) is 10.4. The summed E-state index contributed by atoms with van der Waals surface area (Å²) in [5.74, 6) is 0. The summed E-state index contributed by atoms with van der Waals surface area (Å²) in [6.45, 7) is 0. The minimum Gasteiger partial charge on any atom is -0.351 e. The fraction of sp³-hybridized carbons (Fsp3) is 0. The average molecular weight is 249 g/mol. The molecule has 3 nitrogen and oxygen atoms in total. The first-order valence-electron chi connectivity index (χ1n) is 3.11. The highest BCUT2D eigenvalue weighted by Gasteiger charge is 2.01. The van der Waals surface area contributed by atoms with Crippen LogP contribution in [0.5, 0.6) is 0 Å². The summed E-state index contributed by atoms with van der Waals surface area (Å²) >= 11 is 9.01. The maximum atomic E-state index is 10.4. The molecule has 0 saturated carbocycles. The second-order valence-electron chi connectivity index (χ2n) is 2.11. The molecule has 1 aromatic rings. The molecule has 12 heavy (non-hydrogen) atoms. The zero-order valence-corrected chi connectivity index (χ0v) is 8.32. The van der Waals surface area contributed by atoms with Gasteiger partial charge in [-0.25, -0.2) is 4.79 Å². The first-order valence-corrected chi connectivity index (χ1v) is 4.28. The van der Waals surface area contributed by atoms with Crippen LogP contribution in [0.2, 0.25) is 5.02 Å². The maximum Gasteiger partial charge on any atom is 0.316 e. The molecule has 0 heterocycles. The first kappa shape index (κ1) is 9.35. The Morgan fingerprint density at radius 3 is 2.75 bits per heavy atom. The van der Waals surface area contributed by atoms with Gasteiger partial charge in [0, 0.05) is 4.47 Å². The monoisotopic (exact) mass is 248 g/mol. The van der Waals surface area contributed by atoms with Crippen molar-refractivity contribution >= 4 is 39.2 Å². The summed E-state index contributed by atoms with van der Waals surface area (Å²) in [5, 5.41) is 2.83. The van der Waals surface area contributed by atoms with Crippen LogP contribution in [-0.2, 0) is 0 Å². The topological polar surface area (TPSA) is 55.1 Å². The molecule has 2 amide bonds. The van der Waals surface area contributed by atoms with Gasteiger partial charge in [0.15, 0.2) is 0 Å². The molecule has 0 unspecified atom stereocenters. The number of carbonyl (C=O) groups excluding carboxylic acids is 1. The summed E-state index contributed by atoms with van der Waals surface area (Å²) in [6.07, 6.45) is 0. The van der Waals surface area contributed by atoms with E-state index in [1.165, 1.54) is 0 Å². The Bertz CT molecular complexity index is 316. The second-order valence-corrected chi connectivity index (χ2v) is 3.44. The van der Waals surface area contributed by atoms with Gasteiger partial charge in [0.2, 0.25) is 0 Å². The third-order valence-electron chi connectivity index (χ3n) is 1.19. The molecule has 0 fully saturated rings. The summed E-state index contributed by atoms with van der Waals surface area (Å²) in [5.41, 5.74) is 5.42. The van der Waals surface area contributed by atoms with E-state index >= 15 is 0 Å². The molecule has 1 rings (SSSR count). The lowest BCUT2D eigenvalue weighted by Gasteiger charge is -2.03. The van der Waals surface area contributed by atoms with Gasteiger partial charge in [-0.15, -0.1) is 0 Å². The Morgan fingerprint density at radius 1 is 1.58 bits per heavy atom. The van der Waals surface area contributed by atoms with E-state index in [0.29, 0.717) is 10.7 Å². The molecule has 3 N–H and O–H groups in total. The van der Waals surface area contributed by atoms with Gasteiger partial charge >= 0.3 is 6.03 Å². The summed E-state index contributed by atoms with van der Waals surface area (Å²) in [7, 11) is 0. The van der Waals surface area contributed by atoms with Gasteiger partial charge in [0.1, 0.15) is 0 Å². The number of anilines is 1. The van der Waals surface area contributed by atoms with Crippen LogP contribution < -0.4 is 11.1 Å². The van der Waals surface area contributed by atoms with Crippen molar-refractivity contribution in [3.8, 4) is 0 Å². The SMILES string of the molecule is NC(=O)Nc1ccc(Br)cc1Cl. The number of carbonyl (C=O) groups is 1. The van der Waals surface area contributed by atoms with Crippen molar-refractivity contribution in [3.05, 3.63) is 27.7 Å². The molecule has 0 radical (unpaired) electrons. The largest absolute Gasteiger partial charge is 0.351 e. The number of nitrogens with two attached hydrogens (primary N) is 1. The molecule has 0 aliphatic heterocycles. The molecule has 0 bridgehead atoms. The number of rotatable bonds is 1. The molecule has 0 atom stereocenters. The van der Waals surface area contributed by atoms with Crippen molar-refractivity contribution in [2.75, 3.05) is 5.32 Å². The van der Waals surface area contributed by atoms with E-state index in [-0.39, 0.29) is 0 Å². The molecular formula is C7H6BrClN2O. The maximum absolute atomic E-state index is 10.4. The van der Waals surface area contributed by atoms with Crippen LogP contribution in [0.1, 0.15) is 0 Å². The van der Waals surface area contributed by atoms with Crippen LogP contribution >= 0.6 is 27.5 Å². The average Bonchev–Trinajstić information content (AvgIpc) is 1.94. The standard InChI is InChI=1S/C7H6BrClN2O/c8-4-1-2-6(5(9)3-4)11-7(10)12/h1-3H,(H3,10,11,12). The van der Waals surface area contributed by atoms with Gasteiger partial charge in [-0.05, 0) is 18.2 Å². The van der Waals surface area contributed by atoms with Gasteiger partial charge in [-0.1, -0.05) is 27.5 Å². The van der Waals surface area contributed by atoms with Crippen LogP contribution in [0.3, 0.4) is 0 Å². The van der Waals surface area contributed by atoms with Gasteiger partial charge in [-0.3, -0.25) is 0 Å². The van der Waals surface area contributed by atoms with Gasteiger partial charge in [-0.2, -0.15) is 0 Å². The molecule has 0 spiro atoms.